The van der Waals surface area contributed by atoms with Gasteiger partial charge in [-0.25, -0.2) is 0 Å². The van der Waals surface area contributed by atoms with E-state index in [1.165, 1.54) is 0 Å². The van der Waals surface area contributed by atoms with Crippen molar-refractivity contribution in [2.24, 2.45) is 0 Å². The second-order valence-corrected chi connectivity index (χ2v) is 5.76. The fourth-order valence-corrected chi connectivity index (χ4v) is 2.86. The third kappa shape index (κ3) is 3.34. The number of carbonyl (C=O) groups excluding carboxylic acids is 2. The molecule has 3 rings (SSSR count). The first-order valence-electron chi connectivity index (χ1n) is 7.88. The van der Waals surface area contributed by atoms with Crippen molar-refractivity contribution in [1.29, 1.82) is 0 Å². The number of para-hydroxylation sites is 1. The maximum absolute atomic E-state index is 12.2. The number of carbonyl (C=O) groups is 2. The third-order valence-corrected chi connectivity index (χ3v) is 4.13. The Morgan fingerprint density at radius 2 is 2.22 bits per heavy atom. The number of fused-ring (bicyclic) bond motifs is 1. The topological polar surface area (TPSA) is 90.1 Å². The molecule has 122 valence electrons. The van der Waals surface area contributed by atoms with Gasteiger partial charge in [-0.15, -0.1) is 0 Å². The molecular formula is C16H21N5O2. The maximum atomic E-state index is 12.2. The maximum Gasteiger partial charge on any atom is 0.272 e. The molecule has 1 aliphatic heterocycles. The van der Waals surface area contributed by atoms with Gasteiger partial charge in [0.1, 0.15) is 0 Å². The largest absolute Gasteiger partial charge is 0.350 e. The van der Waals surface area contributed by atoms with Crippen LogP contribution in [0.3, 0.4) is 0 Å². The summed E-state index contributed by atoms with van der Waals surface area (Å²) in [6.45, 7) is 4.70. The lowest BCUT2D eigenvalue weighted by Gasteiger charge is -2.34. The normalized spacial score (nSPS) is 18.1. The van der Waals surface area contributed by atoms with Crippen LogP contribution in [0.2, 0.25) is 0 Å². The molecule has 3 N–H and O–H groups in total. The third-order valence-electron chi connectivity index (χ3n) is 4.13. The highest BCUT2D eigenvalue weighted by Crippen LogP contribution is 2.14. The summed E-state index contributed by atoms with van der Waals surface area (Å²) >= 11 is 0. The van der Waals surface area contributed by atoms with Gasteiger partial charge in [-0.1, -0.05) is 18.2 Å². The minimum absolute atomic E-state index is 0.0752. The van der Waals surface area contributed by atoms with Gasteiger partial charge in [0.05, 0.1) is 5.52 Å². The molecule has 1 fully saturated rings. The fraction of sp³-hybridized carbons (Fsp3) is 0.438. The summed E-state index contributed by atoms with van der Waals surface area (Å²) in [4.78, 5) is 26.3. The number of rotatable bonds is 4. The quantitative estimate of drug-likeness (QED) is 0.766. The van der Waals surface area contributed by atoms with Gasteiger partial charge >= 0.3 is 0 Å². The van der Waals surface area contributed by atoms with E-state index in [2.05, 4.69) is 20.8 Å². The van der Waals surface area contributed by atoms with Crippen molar-refractivity contribution in [1.82, 2.24) is 25.7 Å². The average Bonchev–Trinajstić information content (AvgIpc) is 2.99. The van der Waals surface area contributed by atoms with Gasteiger partial charge in [0.2, 0.25) is 5.91 Å². The molecule has 7 heteroatoms. The Balaban J connectivity index is 1.54. The average molecular weight is 315 g/mol. The fourth-order valence-electron chi connectivity index (χ4n) is 2.86. The van der Waals surface area contributed by atoms with Gasteiger partial charge in [0, 0.05) is 44.0 Å². The van der Waals surface area contributed by atoms with E-state index in [-0.39, 0.29) is 17.9 Å². The zero-order chi connectivity index (χ0) is 16.2. The van der Waals surface area contributed by atoms with Crippen molar-refractivity contribution in [3.63, 3.8) is 0 Å². The number of aromatic amines is 1. The molecule has 2 aromatic rings. The van der Waals surface area contributed by atoms with Crippen LogP contribution in [-0.4, -0.2) is 59.1 Å². The molecule has 1 aromatic heterocycles. The minimum Gasteiger partial charge on any atom is -0.350 e. The van der Waals surface area contributed by atoms with Crippen molar-refractivity contribution in [2.75, 3.05) is 26.2 Å². The zero-order valence-corrected chi connectivity index (χ0v) is 13.1. The summed E-state index contributed by atoms with van der Waals surface area (Å²) < 4.78 is 0. The van der Waals surface area contributed by atoms with Gasteiger partial charge in [0.25, 0.3) is 5.91 Å². The van der Waals surface area contributed by atoms with Gasteiger partial charge < -0.3 is 15.5 Å². The molecular weight excluding hydrogens is 294 g/mol. The molecule has 1 aliphatic rings. The summed E-state index contributed by atoms with van der Waals surface area (Å²) in [7, 11) is 0. The Morgan fingerprint density at radius 1 is 1.39 bits per heavy atom. The molecule has 1 aromatic carbocycles. The van der Waals surface area contributed by atoms with Crippen LogP contribution in [0.5, 0.6) is 0 Å². The van der Waals surface area contributed by atoms with Crippen LogP contribution in [0.4, 0.5) is 0 Å². The number of nitrogens with one attached hydrogen (secondary N) is 3. The predicted octanol–water partition coefficient (Wildman–Crippen LogP) is 0.503. The monoisotopic (exact) mass is 315 g/mol. The van der Waals surface area contributed by atoms with Gasteiger partial charge in [0.15, 0.2) is 5.69 Å². The summed E-state index contributed by atoms with van der Waals surface area (Å²) in [6.07, 6.45) is 0.304. The molecule has 7 nitrogen and oxygen atoms in total. The van der Waals surface area contributed by atoms with Crippen LogP contribution in [0.15, 0.2) is 24.3 Å². The second kappa shape index (κ2) is 6.78. The number of benzene rings is 1. The van der Waals surface area contributed by atoms with Gasteiger partial charge in [-0.05, 0) is 13.0 Å². The van der Waals surface area contributed by atoms with Gasteiger partial charge in [-0.3, -0.25) is 14.7 Å². The number of hydrogen-bond acceptors (Lipinski definition) is 4. The second-order valence-electron chi connectivity index (χ2n) is 5.76. The smallest absolute Gasteiger partial charge is 0.272 e. The molecule has 0 radical (unpaired) electrons. The van der Waals surface area contributed by atoms with E-state index < -0.39 is 0 Å². The highest BCUT2D eigenvalue weighted by atomic mass is 16.2. The first-order valence-corrected chi connectivity index (χ1v) is 7.88. The highest BCUT2D eigenvalue weighted by Gasteiger charge is 2.22. The summed E-state index contributed by atoms with van der Waals surface area (Å²) in [5, 5.41) is 13.7. The SMILES string of the molecule is C[C@H]1CNCCN1C(=O)CCNC(=O)c1n[nH]c2ccccc12. The predicted molar refractivity (Wildman–Crippen MR) is 87.1 cm³/mol. The van der Waals surface area contributed by atoms with Crippen molar-refractivity contribution in [3.8, 4) is 0 Å². The van der Waals surface area contributed by atoms with E-state index in [4.69, 9.17) is 0 Å². The first kappa shape index (κ1) is 15.5. The van der Waals surface area contributed by atoms with E-state index in [1.54, 1.807) is 0 Å². The summed E-state index contributed by atoms with van der Waals surface area (Å²) in [5.74, 6) is -0.185. The van der Waals surface area contributed by atoms with Crippen LogP contribution in [-0.2, 0) is 4.79 Å². The molecule has 0 saturated carbocycles. The summed E-state index contributed by atoms with van der Waals surface area (Å²) in [6, 6.07) is 7.66. The molecule has 0 bridgehead atoms. The van der Waals surface area contributed by atoms with E-state index >= 15 is 0 Å². The number of piperazine rings is 1. The minimum atomic E-state index is -0.261. The molecule has 1 saturated heterocycles. The van der Waals surface area contributed by atoms with Crippen molar-refractivity contribution in [3.05, 3.63) is 30.0 Å². The zero-order valence-electron chi connectivity index (χ0n) is 13.1. The molecule has 0 aliphatic carbocycles. The van der Waals surface area contributed by atoms with Crippen LogP contribution < -0.4 is 10.6 Å². The Hall–Kier alpha value is -2.41. The van der Waals surface area contributed by atoms with E-state index in [0.717, 1.165) is 30.5 Å². The van der Waals surface area contributed by atoms with Crippen LogP contribution >= 0.6 is 0 Å². The molecule has 1 atom stereocenters. The van der Waals surface area contributed by atoms with Crippen LogP contribution in [0.25, 0.3) is 10.9 Å². The van der Waals surface area contributed by atoms with Crippen molar-refractivity contribution in [2.45, 2.75) is 19.4 Å². The van der Waals surface area contributed by atoms with Crippen LogP contribution in [0.1, 0.15) is 23.8 Å². The van der Waals surface area contributed by atoms with Gasteiger partial charge in [-0.2, -0.15) is 5.10 Å². The Bertz CT molecular complexity index is 711. The number of amides is 2. The lowest BCUT2D eigenvalue weighted by atomic mass is 10.2. The van der Waals surface area contributed by atoms with Crippen molar-refractivity contribution >= 4 is 22.7 Å². The van der Waals surface area contributed by atoms with E-state index in [9.17, 15) is 9.59 Å². The number of H-pyrrole nitrogens is 1. The standard InChI is InChI=1S/C16H21N5O2/c1-11-10-17-8-9-21(11)14(22)6-7-18-16(23)15-12-4-2-3-5-13(12)19-20-15/h2-5,11,17H,6-10H2,1H3,(H,18,23)(H,19,20)/t11-/m0/s1. The highest BCUT2D eigenvalue weighted by molar-refractivity contribution is 6.04. The number of hydrogen-bond donors (Lipinski definition) is 3. The Morgan fingerprint density at radius 3 is 3.04 bits per heavy atom. The molecule has 2 heterocycles. The molecule has 0 spiro atoms. The molecule has 2 amide bonds. The Kier molecular flexibility index (Phi) is 4.57. The lowest BCUT2D eigenvalue weighted by Crippen LogP contribution is -2.52. The summed E-state index contributed by atoms with van der Waals surface area (Å²) in [5.41, 5.74) is 1.19. The molecule has 23 heavy (non-hydrogen) atoms. The van der Waals surface area contributed by atoms with Crippen molar-refractivity contribution < 1.29 is 9.59 Å². The first-order chi connectivity index (χ1) is 11.2. The Labute approximate surface area is 134 Å². The van der Waals surface area contributed by atoms with E-state index in [0.29, 0.717) is 18.7 Å². The van der Waals surface area contributed by atoms with E-state index in [1.807, 2.05) is 36.1 Å². The number of nitrogens with zero attached hydrogens (tertiary/aromatic N) is 2. The van der Waals surface area contributed by atoms with Crippen LogP contribution in [0, 0.1) is 0 Å². The lowest BCUT2D eigenvalue weighted by molar-refractivity contribution is -0.133. The number of aromatic nitrogens is 2. The molecule has 0 unspecified atom stereocenters.